The summed E-state index contributed by atoms with van der Waals surface area (Å²) in [6, 6.07) is -0.140. The standard InChI is InChI=1S/C11H20N2O3/c1-3-6-12-10(16)13-7-5-11(4-2,8-13)9(14)15/h3-8H2,1-2H3,(H,12,16)(H,14,15). The van der Waals surface area contributed by atoms with Gasteiger partial charge in [0.1, 0.15) is 0 Å². The summed E-state index contributed by atoms with van der Waals surface area (Å²) in [5.74, 6) is -0.791. The van der Waals surface area contributed by atoms with Crippen molar-refractivity contribution < 1.29 is 14.7 Å². The van der Waals surface area contributed by atoms with Gasteiger partial charge in [-0.25, -0.2) is 4.79 Å². The van der Waals surface area contributed by atoms with Crippen LogP contribution in [0, 0.1) is 5.41 Å². The lowest BCUT2D eigenvalue weighted by Crippen LogP contribution is -2.41. The Kier molecular flexibility index (Phi) is 4.15. The molecule has 0 aromatic rings. The van der Waals surface area contributed by atoms with Crippen LogP contribution in [0.3, 0.4) is 0 Å². The molecule has 0 spiro atoms. The number of nitrogens with one attached hydrogen (secondary N) is 1. The molecule has 0 saturated carbocycles. The van der Waals surface area contributed by atoms with Gasteiger partial charge in [0.15, 0.2) is 0 Å². The molecule has 2 amide bonds. The monoisotopic (exact) mass is 228 g/mol. The fourth-order valence-electron chi connectivity index (χ4n) is 2.00. The van der Waals surface area contributed by atoms with Crippen LogP contribution in [0.1, 0.15) is 33.1 Å². The summed E-state index contributed by atoms with van der Waals surface area (Å²) in [5.41, 5.74) is -0.733. The average Bonchev–Trinajstić information content (AvgIpc) is 2.71. The molecule has 2 N–H and O–H groups in total. The molecule has 0 aromatic carbocycles. The van der Waals surface area contributed by atoms with Crippen LogP contribution in [0.25, 0.3) is 0 Å². The lowest BCUT2D eigenvalue weighted by molar-refractivity contribution is -0.148. The molecule has 0 radical (unpaired) electrons. The third-order valence-electron chi connectivity index (χ3n) is 3.30. The molecule has 0 bridgehead atoms. The molecule has 92 valence electrons. The minimum absolute atomic E-state index is 0.140. The number of hydrogen-bond acceptors (Lipinski definition) is 2. The van der Waals surface area contributed by atoms with Crippen LogP contribution in [-0.2, 0) is 4.79 Å². The Bertz CT molecular complexity index is 280. The quantitative estimate of drug-likeness (QED) is 0.761. The molecular weight excluding hydrogens is 208 g/mol. The number of carboxylic acids is 1. The van der Waals surface area contributed by atoms with Gasteiger partial charge in [-0.05, 0) is 19.3 Å². The molecule has 1 aliphatic heterocycles. The fraction of sp³-hybridized carbons (Fsp3) is 0.818. The summed E-state index contributed by atoms with van der Waals surface area (Å²) < 4.78 is 0. The lowest BCUT2D eigenvalue weighted by atomic mass is 9.84. The Morgan fingerprint density at radius 3 is 2.56 bits per heavy atom. The molecule has 1 atom stereocenters. The Balaban J connectivity index is 2.57. The molecule has 1 unspecified atom stereocenters. The van der Waals surface area contributed by atoms with Crippen molar-refractivity contribution in [3.05, 3.63) is 0 Å². The van der Waals surface area contributed by atoms with Gasteiger partial charge in [-0.3, -0.25) is 4.79 Å². The molecule has 5 nitrogen and oxygen atoms in total. The Hall–Kier alpha value is -1.26. The highest BCUT2D eigenvalue weighted by molar-refractivity contribution is 5.79. The minimum atomic E-state index is -0.791. The summed E-state index contributed by atoms with van der Waals surface area (Å²) in [7, 11) is 0. The first-order chi connectivity index (χ1) is 7.55. The molecule has 16 heavy (non-hydrogen) atoms. The van der Waals surface area contributed by atoms with Gasteiger partial charge in [-0.15, -0.1) is 0 Å². The second-order valence-electron chi connectivity index (χ2n) is 4.34. The van der Waals surface area contributed by atoms with E-state index in [-0.39, 0.29) is 6.03 Å². The van der Waals surface area contributed by atoms with Gasteiger partial charge in [-0.1, -0.05) is 13.8 Å². The highest BCUT2D eigenvalue weighted by Gasteiger charge is 2.44. The van der Waals surface area contributed by atoms with Crippen LogP contribution < -0.4 is 5.32 Å². The first-order valence-electron chi connectivity index (χ1n) is 5.82. The molecule has 1 heterocycles. The molecule has 1 saturated heterocycles. The number of hydrogen-bond donors (Lipinski definition) is 2. The van der Waals surface area contributed by atoms with E-state index in [1.807, 2.05) is 13.8 Å². The van der Waals surface area contributed by atoms with Crippen LogP contribution >= 0.6 is 0 Å². The number of likely N-dealkylation sites (tertiary alicyclic amines) is 1. The van der Waals surface area contributed by atoms with Gasteiger partial charge in [-0.2, -0.15) is 0 Å². The van der Waals surface area contributed by atoms with Gasteiger partial charge in [0.25, 0.3) is 0 Å². The zero-order valence-corrected chi connectivity index (χ0v) is 9.95. The summed E-state index contributed by atoms with van der Waals surface area (Å²) in [4.78, 5) is 24.4. The predicted octanol–water partition coefficient (Wildman–Crippen LogP) is 1.29. The Morgan fingerprint density at radius 2 is 2.12 bits per heavy atom. The highest BCUT2D eigenvalue weighted by atomic mass is 16.4. The number of amides is 2. The lowest BCUT2D eigenvalue weighted by Gasteiger charge is -2.23. The van der Waals surface area contributed by atoms with Gasteiger partial charge in [0, 0.05) is 19.6 Å². The Morgan fingerprint density at radius 1 is 1.44 bits per heavy atom. The molecule has 5 heteroatoms. The highest BCUT2D eigenvalue weighted by Crippen LogP contribution is 2.34. The third kappa shape index (κ3) is 2.46. The zero-order chi connectivity index (χ0) is 12.2. The summed E-state index contributed by atoms with van der Waals surface area (Å²) in [6.07, 6.45) is 2.01. The molecule has 1 fully saturated rings. The second kappa shape index (κ2) is 5.18. The molecular formula is C11H20N2O3. The minimum Gasteiger partial charge on any atom is -0.481 e. The van der Waals surface area contributed by atoms with E-state index < -0.39 is 11.4 Å². The van der Waals surface area contributed by atoms with Crippen molar-refractivity contribution in [2.45, 2.75) is 33.1 Å². The summed E-state index contributed by atoms with van der Waals surface area (Å²) >= 11 is 0. The smallest absolute Gasteiger partial charge is 0.317 e. The van der Waals surface area contributed by atoms with E-state index in [9.17, 15) is 14.7 Å². The molecule has 1 rings (SSSR count). The van der Waals surface area contributed by atoms with E-state index in [0.717, 1.165) is 6.42 Å². The maximum Gasteiger partial charge on any atom is 0.317 e. The number of urea groups is 1. The molecule has 0 aromatic heterocycles. The topological polar surface area (TPSA) is 69.6 Å². The fourth-order valence-corrected chi connectivity index (χ4v) is 2.00. The number of carbonyl (C=O) groups excluding carboxylic acids is 1. The van der Waals surface area contributed by atoms with Crippen molar-refractivity contribution in [3.63, 3.8) is 0 Å². The SMILES string of the molecule is CCCNC(=O)N1CCC(CC)(C(=O)O)C1. The third-order valence-corrected chi connectivity index (χ3v) is 3.30. The van der Waals surface area contributed by atoms with Crippen molar-refractivity contribution in [2.75, 3.05) is 19.6 Å². The van der Waals surface area contributed by atoms with E-state index in [1.54, 1.807) is 4.90 Å². The van der Waals surface area contributed by atoms with Crippen molar-refractivity contribution >= 4 is 12.0 Å². The normalized spacial score (nSPS) is 24.5. The zero-order valence-electron chi connectivity index (χ0n) is 9.95. The van der Waals surface area contributed by atoms with Crippen LogP contribution in [-0.4, -0.2) is 41.6 Å². The maximum absolute atomic E-state index is 11.7. The molecule has 1 aliphatic rings. The van der Waals surface area contributed by atoms with Crippen molar-refractivity contribution in [1.29, 1.82) is 0 Å². The first-order valence-corrected chi connectivity index (χ1v) is 5.82. The van der Waals surface area contributed by atoms with Crippen molar-refractivity contribution in [2.24, 2.45) is 5.41 Å². The molecule has 0 aliphatic carbocycles. The van der Waals surface area contributed by atoms with E-state index >= 15 is 0 Å². The van der Waals surface area contributed by atoms with Gasteiger partial charge in [0.2, 0.25) is 0 Å². The van der Waals surface area contributed by atoms with Gasteiger partial charge >= 0.3 is 12.0 Å². The number of nitrogens with zero attached hydrogens (tertiary/aromatic N) is 1. The van der Waals surface area contributed by atoms with Crippen LogP contribution in [0.15, 0.2) is 0 Å². The van der Waals surface area contributed by atoms with Crippen LogP contribution in [0.4, 0.5) is 4.79 Å². The number of carbonyl (C=O) groups is 2. The van der Waals surface area contributed by atoms with E-state index in [1.165, 1.54) is 0 Å². The van der Waals surface area contributed by atoms with E-state index in [4.69, 9.17) is 0 Å². The summed E-state index contributed by atoms with van der Waals surface area (Å²) in [5, 5.41) is 12.0. The van der Waals surface area contributed by atoms with Crippen molar-refractivity contribution in [3.8, 4) is 0 Å². The average molecular weight is 228 g/mol. The maximum atomic E-state index is 11.7. The van der Waals surface area contributed by atoms with Crippen LogP contribution in [0.2, 0.25) is 0 Å². The van der Waals surface area contributed by atoms with E-state index in [2.05, 4.69) is 5.32 Å². The number of aliphatic carboxylic acids is 1. The first kappa shape index (κ1) is 12.8. The van der Waals surface area contributed by atoms with Gasteiger partial charge in [0.05, 0.1) is 5.41 Å². The largest absolute Gasteiger partial charge is 0.481 e. The number of rotatable bonds is 4. The summed E-state index contributed by atoms with van der Waals surface area (Å²) in [6.45, 7) is 5.35. The predicted molar refractivity (Wildman–Crippen MR) is 60.2 cm³/mol. The van der Waals surface area contributed by atoms with E-state index in [0.29, 0.717) is 32.5 Å². The van der Waals surface area contributed by atoms with Gasteiger partial charge < -0.3 is 15.3 Å². The Labute approximate surface area is 95.8 Å². The van der Waals surface area contributed by atoms with Crippen molar-refractivity contribution in [1.82, 2.24) is 10.2 Å². The second-order valence-corrected chi connectivity index (χ2v) is 4.34. The number of carboxylic acid groups (broad SMARTS) is 1. The van der Waals surface area contributed by atoms with Crippen LogP contribution in [0.5, 0.6) is 0 Å².